The van der Waals surface area contributed by atoms with Crippen LogP contribution in [0, 0.1) is 0 Å². The van der Waals surface area contributed by atoms with E-state index >= 15 is 0 Å². The Labute approximate surface area is 128 Å². The summed E-state index contributed by atoms with van der Waals surface area (Å²) < 4.78 is 7.58. The highest BCUT2D eigenvalue weighted by molar-refractivity contribution is 5.83. The third kappa shape index (κ3) is 3.20. The number of fused-ring (bicyclic) bond motifs is 1. The van der Waals surface area contributed by atoms with Gasteiger partial charge in [-0.3, -0.25) is 9.47 Å². The van der Waals surface area contributed by atoms with Gasteiger partial charge in [-0.25, -0.2) is 0 Å². The summed E-state index contributed by atoms with van der Waals surface area (Å²) in [5, 5.41) is 1.03. The van der Waals surface area contributed by atoms with Gasteiger partial charge in [0.05, 0.1) is 5.52 Å². The number of nitrogens with zero attached hydrogens (tertiary/aromatic N) is 1. The molecule has 22 heavy (non-hydrogen) atoms. The summed E-state index contributed by atoms with van der Waals surface area (Å²) in [4.78, 5) is 10.8. The fourth-order valence-corrected chi connectivity index (χ4v) is 2.25. The number of nitrogens with two attached hydrogens (primary N) is 1. The first-order valence-electron chi connectivity index (χ1n) is 7.02. The van der Waals surface area contributed by atoms with Crippen molar-refractivity contribution in [1.82, 2.24) is 4.68 Å². The first kappa shape index (κ1) is 14.0. The normalized spacial score (nSPS) is 10.5. The SMILES string of the molecule is NC(=O)CNn1ccc2cc(OCc3ccccc3)ccc21. The van der Waals surface area contributed by atoms with Crippen molar-refractivity contribution in [3.05, 3.63) is 66.4 Å². The van der Waals surface area contributed by atoms with Crippen LogP contribution in [-0.4, -0.2) is 17.1 Å². The number of carbonyl (C=O) groups excluding carboxylic acids is 1. The highest BCUT2D eigenvalue weighted by Crippen LogP contribution is 2.22. The van der Waals surface area contributed by atoms with E-state index in [4.69, 9.17) is 10.5 Å². The molecule has 0 saturated heterocycles. The van der Waals surface area contributed by atoms with Crippen LogP contribution in [0.1, 0.15) is 5.56 Å². The molecule has 0 fully saturated rings. The topological polar surface area (TPSA) is 69.3 Å². The van der Waals surface area contributed by atoms with Gasteiger partial charge in [0.1, 0.15) is 18.9 Å². The number of hydrogen-bond donors (Lipinski definition) is 2. The van der Waals surface area contributed by atoms with Gasteiger partial charge in [-0.15, -0.1) is 0 Å². The van der Waals surface area contributed by atoms with Crippen LogP contribution in [0.15, 0.2) is 60.8 Å². The molecule has 0 aliphatic carbocycles. The second kappa shape index (κ2) is 6.22. The number of rotatable bonds is 6. The van der Waals surface area contributed by atoms with Crippen LogP contribution in [0.4, 0.5) is 0 Å². The third-order valence-electron chi connectivity index (χ3n) is 3.33. The molecular formula is C17H17N3O2. The van der Waals surface area contributed by atoms with Crippen molar-refractivity contribution >= 4 is 16.8 Å². The minimum absolute atomic E-state index is 0.0933. The highest BCUT2D eigenvalue weighted by atomic mass is 16.5. The number of ether oxygens (including phenoxy) is 1. The lowest BCUT2D eigenvalue weighted by Crippen LogP contribution is -2.27. The van der Waals surface area contributed by atoms with Crippen molar-refractivity contribution in [2.24, 2.45) is 5.73 Å². The number of carbonyl (C=O) groups is 1. The van der Waals surface area contributed by atoms with E-state index in [1.165, 1.54) is 0 Å². The second-order valence-electron chi connectivity index (χ2n) is 4.98. The van der Waals surface area contributed by atoms with Crippen LogP contribution in [0.2, 0.25) is 0 Å². The number of amides is 1. The van der Waals surface area contributed by atoms with Crippen molar-refractivity contribution in [3.63, 3.8) is 0 Å². The van der Waals surface area contributed by atoms with Crippen LogP contribution >= 0.6 is 0 Å². The van der Waals surface area contributed by atoms with Crippen LogP contribution in [0.25, 0.3) is 10.9 Å². The molecule has 3 rings (SSSR count). The fourth-order valence-electron chi connectivity index (χ4n) is 2.25. The molecule has 3 N–H and O–H groups in total. The summed E-state index contributed by atoms with van der Waals surface area (Å²) in [5.41, 5.74) is 10.2. The number of hydrogen-bond acceptors (Lipinski definition) is 3. The molecule has 1 amide bonds. The smallest absolute Gasteiger partial charge is 0.238 e. The predicted molar refractivity (Wildman–Crippen MR) is 86.1 cm³/mol. The molecular weight excluding hydrogens is 278 g/mol. The fraction of sp³-hybridized carbons (Fsp3) is 0.118. The Kier molecular flexibility index (Phi) is 3.96. The van der Waals surface area contributed by atoms with Crippen LogP contribution < -0.4 is 15.9 Å². The van der Waals surface area contributed by atoms with E-state index in [0.717, 1.165) is 22.2 Å². The van der Waals surface area contributed by atoms with Gasteiger partial charge in [-0.2, -0.15) is 0 Å². The van der Waals surface area contributed by atoms with Gasteiger partial charge in [0, 0.05) is 11.6 Å². The average molecular weight is 295 g/mol. The molecule has 112 valence electrons. The van der Waals surface area contributed by atoms with Gasteiger partial charge in [0.15, 0.2) is 0 Å². The lowest BCUT2D eigenvalue weighted by atomic mass is 10.2. The standard InChI is InChI=1S/C17H17N3O2/c18-17(21)11-19-20-9-8-14-10-15(6-7-16(14)20)22-12-13-4-2-1-3-5-13/h1-10,19H,11-12H2,(H2,18,21). The first-order chi connectivity index (χ1) is 10.7. The van der Waals surface area contributed by atoms with Crippen molar-refractivity contribution in [1.29, 1.82) is 0 Å². The van der Waals surface area contributed by atoms with Gasteiger partial charge >= 0.3 is 0 Å². The number of primary amides is 1. The largest absolute Gasteiger partial charge is 0.489 e. The number of aromatic nitrogens is 1. The van der Waals surface area contributed by atoms with Crippen LogP contribution in [0.5, 0.6) is 5.75 Å². The van der Waals surface area contributed by atoms with E-state index in [2.05, 4.69) is 5.43 Å². The molecule has 0 spiro atoms. The van der Waals surface area contributed by atoms with Gasteiger partial charge in [0.25, 0.3) is 0 Å². The van der Waals surface area contributed by atoms with E-state index in [1.54, 1.807) is 4.68 Å². The summed E-state index contributed by atoms with van der Waals surface area (Å²) >= 11 is 0. The van der Waals surface area contributed by atoms with E-state index in [1.807, 2.05) is 60.8 Å². The van der Waals surface area contributed by atoms with Crippen molar-refractivity contribution < 1.29 is 9.53 Å². The molecule has 1 aromatic heterocycles. The van der Waals surface area contributed by atoms with Gasteiger partial charge in [-0.05, 0) is 29.8 Å². The Morgan fingerprint density at radius 2 is 1.95 bits per heavy atom. The molecule has 2 aromatic carbocycles. The quantitative estimate of drug-likeness (QED) is 0.733. The summed E-state index contributed by atoms with van der Waals surface area (Å²) in [6.45, 7) is 0.628. The zero-order chi connectivity index (χ0) is 15.4. The summed E-state index contributed by atoms with van der Waals surface area (Å²) in [7, 11) is 0. The molecule has 5 heteroatoms. The van der Waals surface area contributed by atoms with Crippen molar-refractivity contribution in [2.75, 3.05) is 12.0 Å². The lowest BCUT2D eigenvalue weighted by Gasteiger charge is -2.09. The minimum Gasteiger partial charge on any atom is -0.489 e. The summed E-state index contributed by atoms with van der Waals surface area (Å²) in [5.74, 6) is 0.411. The monoisotopic (exact) mass is 295 g/mol. The van der Waals surface area contributed by atoms with Gasteiger partial charge in [-0.1, -0.05) is 30.3 Å². The van der Waals surface area contributed by atoms with E-state index in [9.17, 15) is 4.79 Å². The zero-order valence-corrected chi connectivity index (χ0v) is 12.0. The number of nitrogens with one attached hydrogen (secondary N) is 1. The Bertz CT molecular complexity index is 781. The average Bonchev–Trinajstić information content (AvgIpc) is 2.94. The van der Waals surface area contributed by atoms with Gasteiger partial charge in [0.2, 0.25) is 5.91 Å². The first-order valence-corrected chi connectivity index (χ1v) is 7.02. The maximum Gasteiger partial charge on any atom is 0.238 e. The Morgan fingerprint density at radius 1 is 1.14 bits per heavy atom. The molecule has 0 aliphatic heterocycles. The van der Waals surface area contributed by atoms with Crippen LogP contribution in [-0.2, 0) is 11.4 Å². The molecule has 0 saturated carbocycles. The zero-order valence-electron chi connectivity index (χ0n) is 12.0. The Morgan fingerprint density at radius 3 is 2.73 bits per heavy atom. The van der Waals surface area contributed by atoms with Gasteiger partial charge < -0.3 is 15.9 Å². The van der Waals surface area contributed by atoms with E-state index < -0.39 is 5.91 Å². The van der Waals surface area contributed by atoms with Crippen molar-refractivity contribution in [3.8, 4) is 5.75 Å². The van der Waals surface area contributed by atoms with E-state index in [-0.39, 0.29) is 6.54 Å². The van der Waals surface area contributed by atoms with E-state index in [0.29, 0.717) is 6.61 Å². The summed E-state index contributed by atoms with van der Waals surface area (Å²) in [6.07, 6.45) is 1.86. The van der Waals surface area contributed by atoms with Crippen LogP contribution in [0.3, 0.4) is 0 Å². The minimum atomic E-state index is -0.398. The second-order valence-corrected chi connectivity index (χ2v) is 4.98. The molecule has 0 radical (unpaired) electrons. The Hall–Kier alpha value is -2.95. The molecule has 0 bridgehead atoms. The number of benzene rings is 2. The lowest BCUT2D eigenvalue weighted by molar-refractivity contribution is -0.116. The predicted octanol–water partition coefficient (Wildman–Crippen LogP) is 2.25. The highest BCUT2D eigenvalue weighted by Gasteiger charge is 2.04. The maximum absolute atomic E-state index is 10.8. The molecule has 0 aliphatic rings. The third-order valence-corrected chi connectivity index (χ3v) is 3.33. The molecule has 3 aromatic rings. The maximum atomic E-state index is 10.8. The molecule has 5 nitrogen and oxygen atoms in total. The molecule has 0 atom stereocenters. The van der Waals surface area contributed by atoms with Crippen molar-refractivity contribution in [2.45, 2.75) is 6.61 Å². The Balaban J connectivity index is 1.72. The molecule has 0 unspecified atom stereocenters. The molecule has 1 heterocycles. The summed E-state index contributed by atoms with van der Waals surface area (Å²) in [6, 6.07) is 17.8.